The molecule has 8 heteroatoms. The van der Waals surface area contributed by atoms with Gasteiger partial charge in [0.05, 0.1) is 5.41 Å². The van der Waals surface area contributed by atoms with Crippen LogP contribution < -0.4 is 4.90 Å². The Bertz CT molecular complexity index is 1090. The van der Waals surface area contributed by atoms with Gasteiger partial charge in [0.1, 0.15) is 11.6 Å². The molecule has 30 heavy (non-hydrogen) atoms. The zero-order valence-electron chi connectivity index (χ0n) is 17.7. The number of rotatable bonds is 3. The number of nitrogens with zero attached hydrogens (tertiary/aromatic N) is 6. The van der Waals surface area contributed by atoms with Gasteiger partial charge in [0.15, 0.2) is 0 Å². The lowest BCUT2D eigenvalue weighted by atomic mass is 9.75. The number of fused-ring (bicyclic) bond motifs is 1. The van der Waals surface area contributed by atoms with E-state index < -0.39 is 5.41 Å². The van der Waals surface area contributed by atoms with Gasteiger partial charge in [-0.1, -0.05) is 19.9 Å². The van der Waals surface area contributed by atoms with Crippen molar-refractivity contribution >= 4 is 23.2 Å². The van der Waals surface area contributed by atoms with Crippen LogP contribution in [0, 0.1) is 18.3 Å². The Hall–Kier alpha value is -3.42. The molecule has 0 spiro atoms. The zero-order chi connectivity index (χ0) is 21.6. The normalized spacial score (nSPS) is 19.8. The van der Waals surface area contributed by atoms with Gasteiger partial charge in [-0.3, -0.25) is 14.5 Å². The van der Waals surface area contributed by atoms with Gasteiger partial charge in [-0.25, -0.2) is 19.9 Å². The van der Waals surface area contributed by atoms with Gasteiger partial charge < -0.3 is 4.90 Å². The fourth-order valence-electron chi connectivity index (χ4n) is 3.88. The molecule has 0 bridgehead atoms. The van der Waals surface area contributed by atoms with E-state index >= 15 is 0 Å². The molecule has 154 valence electrons. The number of allylic oxidation sites excluding steroid dienone is 4. The molecule has 0 radical (unpaired) electrons. The molecule has 1 aliphatic carbocycles. The first kappa shape index (κ1) is 19.9. The standard InChI is InChI=1S/C22H24N6O2/c1-13-24-11-15(12-25-13)14-6-7-16-17(10-14)28(21(30)22(16,2)3)18-8-9-23-19(26-18)20(29)27(4)5/h6,8-12,16H,7H2,1-5H3. The van der Waals surface area contributed by atoms with Gasteiger partial charge in [0.2, 0.25) is 11.7 Å². The Morgan fingerprint density at radius 3 is 2.57 bits per heavy atom. The Morgan fingerprint density at radius 1 is 1.20 bits per heavy atom. The van der Waals surface area contributed by atoms with E-state index in [2.05, 4.69) is 26.0 Å². The Kier molecular flexibility index (Phi) is 4.72. The van der Waals surface area contributed by atoms with Gasteiger partial charge in [-0.2, -0.15) is 0 Å². The smallest absolute Gasteiger partial charge is 0.291 e. The van der Waals surface area contributed by atoms with Crippen molar-refractivity contribution in [1.29, 1.82) is 0 Å². The van der Waals surface area contributed by atoms with E-state index in [1.807, 2.05) is 26.8 Å². The predicted octanol–water partition coefficient (Wildman–Crippen LogP) is 2.64. The van der Waals surface area contributed by atoms with Crippen LogP contribution in [0.5, 0.6) is 0 Å². The number of carbonyl (C=O) groups is 2. The summed E-state index contributed by atoms with van der Waals surface area (Å²) >= 11 is 0. The fraction of sp³-hybridized carbons (Fsp3) is 0.364. The van der Waals surface area contributed by atoms with Gasteiger partial charge in [0, 0.05) is 49.9 Å². The Balaban J connectivity index is 1.78. The number of hydrogen-bond acceptors (Lipinski definition) is 6. The van der Waals surface area contributed by atoms with E-state index in [1.165, 1.54) is 11.1 Å². The highest BCUT2D eigenvalue weighted by Gasteiger charge is 2.52. The second-order valence-electron chi connectivity index (χ2n) is 8.34. The summed E-state index contributed by atoms with van der Waals surface area (Å²) in [5.41, 5.74) is 2.14. The summed E-state index contributed by atoms with van der Waals surface area (Å²) in [5.74, 6) is 0.834. The zero-order valence-corrected chi connectivity index (χ0v) is 17.7. The molecule has 2 amide bonds. The van der Waals surface area contributed by atoms with E-state index in [0.717, 1.165) is 23.3 Å². The second kappa shape index (κ2) is 7.12. The molecule has 1 saturated heterocycles. The van der Waals surface area contributed by atoms with Crippen molar-refractivity contribution in [2.45, 2.75) is 27.2 Å². The highest BCUT2D eigenvalue weighted by molar-refractivity contribution is 6.04. The molecule has 8 nitrogen and oxygen atoms in total. The van der Waals surface area contributed by atoms with Crippen molar-refractivity contribution in [3.63, 3.8) is 0 Å². The largest absolute Gasteiger partial charge is 0.342 e. The van der Waals surface area contributed by atoms with Crippen molar-refractivity contribution in [3.8, 4) is 0 Å². The lowest BCUT2D eigenvalue weighted by Gasteiger charge is -2.25. The van der Waals surface area contributed by atoms with Crippen LogP contribution in [0.15, 0.2) is 42.5 Å². The molecule has 0 aromatic carbocycles. The third kappa shape index (κ3) is 3.18. The van der Waals surface area contributed by atoms with Crippen LogP contribution in [-0.4, -0.2) is 50.7 Å². The maximum absolute atomic E-state index is 13.4. The maximum Gasteiger partial charge on any atom is 0.291 e. The number of carbonyl (C=O) groups excluding carboxylic acids is 2. The van der Waals surface area contributed by atoms with Crippen LogP contribution in [0.4, 0.5) is 5.82 Å². The first-order chi connectivity index (χ1) is 14.2. The second-order valence-corrected chi connectivity index (χ2v) is 8.34. The first-order valence-electron chi connectivity index (χ1n) is 9.80. The number of hydrogen-bond donors (Lipinski definition) is 0. The average Bonchev–Trinajstić information content (AvgIpc) is 2.93. The third-order valence-corrected chi connectivity index (χ3v) is 5.70. The summed E-state index contributed by atoms with van der Waals surface area (Å²) in [6.45, 7) is 5.75. The predicted molar refractivity (Wildman–Crippen MR) is 112 cm³/mol. The molecule has 2 aromatic heterocycles. The minimum atomic E-state index is -0.589. The Labute approximate surface area is 175 Å². The van der Waals surface area contributed by atoms with Gasteiger partial charge >= 0.3 is 0 Å². The minimum absolute atomic E-state index is 0.0167. The lowest BCUT2D eigenvalue weighted by molar-refractivity contribution is -0.125. The van der Waals surface area contributed by atoms with Crippen LogP contribution in [0.1, 0.15) is 42.3 Å². The minimum Gasteiger partial charge on any atom is -0.342 e. The van der Waals surface area contributed by atoms with E-state index in [1.54, 1.807) is 37.5 Å². The van der Waals surface area contributed by atoms with Gasteiger partial charge in [0.25, 0.3) is 5.91 Å². The lowest BCUT2D eigenvalue weighted by Crippen LogP contribution is -2.32. The molecule has 1 atom stereocenters. The summed E-state index contributed by atoms with van der Waals surface area (Å²) in [5, 5.41) is 0. The van der Waals surface area contributed by atoms with Crippen molar-refractivity contribution in [2.24, 2.45) is 11.3 Å². The number of aromatic nitrogens is 4. The van der Waals surface area contributed by atoms with Crippen LogP contribution in [0.25, 0.3) is 5.57 Å². The average molecular weight is 404 g/mol. The molecular formula is C22H24N6O2. The maximum atomic E-state index is 13.4. The van der Waals surface area contributed by atoms with E-state index in [-0.39, 0.29) is 23.6 Å². The Morgan fingerprint density at radius 2 is 1.90 bits per heavy atom. The summed E-state index contributed by atoms with van der Waals surface area (Å²) < 4.78 is 0. The number of anilines is 1. The van der Waals surface area contributed by atoms with Crippen molar-refractivity contribution in [1.82, 2.24) is 24.8 Å². The molecule has 1 aliphatic heterocycles. The van der Waals surface area contributed by atoms with E-state index in [4.69, 9.17) is 0 Å². The monoisotopic (exact) mass is 404 g/mol. The van der Waals surface area contributed by atoms with Crippen molar-refractivity contribution in [3.05, 3.63) is 59.7 Å². The van der Waals surface area contributed by atoms with Gasteiger partial charge in [-0.05, 0) is 31.1 Å². The summed E-state index contributed by atoms with van der Waals surface area (Å²) in [7, 11) is 3.28. The summed E-state index contributed by atoms with van der Waals surface area (Å²) in [6.07, 6.45) is 9.94. The molecule has 3 heterocycles. The molecule has 4 rings (SSSR count). The van der Waals surface area contributed by atoms with E-state index in [0.29, 0.717) is 11.6 Å². The van der Waals surface area contributed by atoms with Crippen molar-refractivity contribution < 1.29 is 9.59 Å². The molecule has 1 unspecified atom stereocenters. The van der Waals surface area contributed by atoms with Gasteiger partial charge in [-0.15, -0.1) is 0 Å². The van der Waals surface area contributed by atoms with Crippen LogP contribution in [0.2, 0.25) is 0 Å². The SMILES string of the molecule is Cc1ncc(C2=CCC3C(=C2)N(c2ccnc(C(=O)N(C)C)n2)C(=O)C3(C)C)cn1. The van der Waals surface area contributed by atoms with Crippen LogP contribution in [0.3, 0.4) is 0 Å². The quantitative estimate of drug-likeness (QED) is 0.781. The van der Waals surface area contributed by atoms with E-state index in [9.17, 15) is 9.59 Å². The highest BCUT2D eigenvalue weighted by Crippen LogP contribution is 2.50. The molecular weight excluding hydrogens is 380 g/mol. The fourth-order valence-corrected chi connectivity index (χ4v) is 3.88. The number of amides is 2. The number of aryl methyl sites for hydroxylation is 1. The molecule has 2 aliphatic rings. The molecule has 2 aromatic rings. The summed E-state index contributed by atoms with van der Waals surface area (Å²) in [6, 6.07) is 1.66. The highest BCUT2D eigenvalue weighted by atomic mass is 16.2. The van der Waals surface area contributed by atoms with Crippen LogP contribution >= 0.6 is 0 Å². The molecule has 0 N–H and O–H groups in total. The summed E-state index contributed by atoms with van der Waals surface area (Å²) in [4.78, 5) is 45.8. The third-order valence-electron chi connectivity index (χ3n) is 5.70. The molecule has 1 fully saturated rings. The molecule has 0 saturated carbocycles. The van der Waals surface area contributed by atoms with Crippen LogP contribution in [-0.2, 0) is 4.79 Å². The topological polar surface area (TPSA) is 92.2 Å². The van der Waals surface area contributed by atoms with Crippen molar-refractivity contribution in [2.75, 3.05) is 19.0 Å². The first-order valence-corrected chi connectivity index (χ1v) is 9.80.